The van der Waals surface area contributed by atoms with Crippen LogP contribution < -0.4 is 0 Å². The molecule has 1 aromatic heterocycles. The first-order chi connectivity index (χ1) is 5.02. The van der Waals surface area contributed by atoms with Gasteiger partial charge in [-0.2, -0.15) is 8.42 Å². The van der Waals surface area contributed by atoms with Gasteiger partial charge in [-0.15, -0.1) is 0 Å². The van der Waals surface area contributed by atoms with Gasteiger partial charge in [0.2, 0.25) is 0 Å². The van der Waals surface area contributed by atoms with Gasteiger partial charge in [-0.25, -0.2) is 9.97 Å². The van der Waals surface area contributed by atoms with Gasteiger partial charge in [-0.3, -0.25) is 4.55 Å². The van der Waals surface area contributed by atoms with Gasteiger partial charge < -0.3 is 0 Å². The first-order valence-corrected chi connectivity index (χ1v) is 4.26. The fraction of sp³-hybridized carbons (Fsp3) is 0. The van der Waals surface area contributed by atoms with Crippen molar-refractivity contribution in [2.24, 2.45) is 0 Å². The predicted molar refractivity (Wildman–Crippen MR) is 44.0 cm³/mol. The first kappa shape index (κ1) is 12.9. The zero-order chi connectivity index (χ0) is 8.48. The number of rotatable bonds is 1. The third kappa shape index (κ3) is 3.34. The fourth-order valence-electron chi connectivity index (χ4n) is 0.475. The molecular formula is C4H4ClKN2O3S. The summed E-state index contributed by atoms with van der Waals surface area (Å²) in [4.78, 5) is 6.25. The van der Waals surface area contributed by atoms with E-state index in [1.54, 1.807) is 0 Å². The summed E-state index contributed by atoms with van der Waals surface area (Å²) in [6.07, 6.45) is 2.00. The van der Waals surface area contributed by atoms with Crippen LogP contribution in [0.4, 0.5) is 0 Å². The molecule has 0 fully saturated rings. The Bertz CT molecular complexity index is 368. The summed E-state index contributed by atoms with van der Waals surface area (Å²) in [5.74, 6) is 0. The molecule has 0 spiro atoms. The molecule has 0 aliphatic carbocycles. The van der Waals surface area contributed by atoms with Crippen molar-refractivity contribution in [2.75, 3.05) is 0 Å². The monoisotopic (exact) mass is 234 g/mol. The van der Waals surface area contributed by atoms with Crippen LogP contribution in [0, 0.1) is 0 Å². The van der Waals surface area contributed by atoms with Crippen molar-refractivity contribution in [3.63, 3.8) is 0 Å². The van der Waals surface area contributed by atoms with Crippen LogP contribution in [0.5, 0.6) is 0 Å². The Labute approximate surface area is 117 Å². The van der Waals surface area contributed by atoms with Crippen LogP contribution in [0.1, 0.15) is 0 Å². The van der Waals surface area contributed by atoms with Gasteiger partial charge in [-0.1, -0.05) is 11.6 Å². The van der Waals surface area contributed by atoms with E-state index < -0.39 is 15.0 Å². The van der Waals surface area contributed by atoms with Crippen molar-refractivity contribution in [3.05, 3.63) is 17.7 Å². The molecule has 1 aromatic rings. The Morgan fingerprint density at radius 2 is 2.08 bits per heavy atom. The average Bonchev–Trinajstić information content (AvgIpc) is 1.86. The van der Waals surface area contributed by atoms with Gasteiger partial charge in [0.1, 0.15) is 11.2 Å². The molecule has 0 amide bonds. The number of aromatic nitrogens is 2. The zero-order valence-electron chi connectivity index (χ0n) is 5.10. The zero-order valence-corrected chi connectivity index (χ0v) is 6.67. The molecule has 0 aliphatic heterocycles. The van der Waals surface area contributed by atoms with Crippen LogP contribution >= 0.6 is 11.6 Å². The Hall–Kier alpha value is 0.916. The normalized spacial score (nSPS) is 10.5. The Morgan fingerprint density at radius 3 is 2.42 bits per heavy atom. The van der Waals surface area contributed by atoms with Gasteiger partial charge in [0.15, 0.2) is 5.15 Å². The summed E-state index contributed by atoms with van der Waals surface area (Å²) >= 11 is 5.32. The Kier molecular flexibility index (Phi) is 5.34. The van der Waals surface area contributed by atoms with Crippen molar-refractivity contribution in [2.45, 2.75) is 4.90 Å². The molecule has 0 radical (unpaired) electrons. The molecule has 0 saturated carbocycles. The van der Waals surface area contributed by atoms with E-state index in [1.165, 1.54) is 0 Å². The summed E-state index contributed by atoms with van der Waals surface area (Å²) in [6.45, 7) is 0. The van der Waals surface area contributed by atoms with Crippen LogP contribution in [0.25, 0.3) is 0 Å². The van der Waals surface area contributed by atoms with Crippen LogP contribution in [-0.2, 0) is 10.1 Å². The van der Waals surface area contributed by atoms with E-state index in [4.69, 9.17) is 16.2 Å². The van der Waals surface area contributed by atoms with E-state index >= 15 is 0 Å². The van der Waals surface area contributed by atoms with Gasteiger partial charge in [0.05, 0.1) is 6.20 Å². The number of nitrogens with zero attached hydrogens (tertiary/aromatic N) is 2. The number of hydrogen-bond acceptors (Lipinski definition) is 4. The molecule has 5 nitrogen and oxygen atoms in total. The number of halogens is 1. The van der Waals surface area contributed by atoms with Gasteiger partial charge in [-0.05, 0) is 0 Å². The third-order valence-electron chi connectivity index (χ3n) is 0.911. The topological polar surface area (TPSA) is 80.2 Å². The maximum atomic E-state index is 10.4. The SMILES string of the molecule is O=S(=O)(O)c1cncnc1Cl.[KH]. The quantitative estimate of drug-likeness (QED) is 0.411. The van der Waals surface area contributed by atoms with E-state index in [-0.39, 0.29) is 56.5 Å². The van der Waals surface area contributed by atoms with E-state index in [9.17, 15) is 8.42 Å². The molecular weight excluding hydrogens is 231 g/mol. The van der Waals surface area contributed by atoms with Crippen molar-refractivity contribution in [1.29, 1.82) is 0 Å². The standard InChI is InChI=1S/C4H3ClN2O3S.K.H/c5-4-3(11(8,9)10)1-6-2-7-4;;/h1-2H,(H,8,9,10);;. The van der Waals surface area contributed by atoms with E-state index in [0.717, 1.165) is 12.5 Å². The molecule has 1 N–H and O–H groups in total. The second kappa shape index (κ2) is 4.96. The van der Waals surface area contributed by atoms with Crippen molar-refractivity contribution in [1.82, 2.24) is 9.97 Å². The molecule has 0 saturated heterocycles. The summed E-state index contributed by atoms with van der Waals surface area (Å²) < 4.78 is 29.4. The summed E-state index contributed by atoms with van der Waals surface area (Å²) in [5.41, 5.74) is 0. The number of hydrogen-bond donors (Lipinski definition) is 1. The summed E-state index contributed by atoms with van der Waals surface area (Å²) in [5, 5.41) is -0.289. The van der Waals surface area contributed by atoms with Crippen LogP contribution in [0.15, 0.2) is 17.4 Å². The minimum absolute atomic E-state index is 0. The third-order valence-corrected chi connectivity index (χ3v) is 2.18. The minimum atomic E-state index is -4.29. The summed E-state index contributed by atoms with van der Waals surface area (Å²) in [7, 11) is -4.29. The first-order valence-electron chi connectivity index (χ1n) is 2.45. The fourth-order valence-corrected chi connectivity index (χ4v) is 1.32. The average molecular weight is 235 g/mol. The molecule has 62 valence electrons. The second-order valence-electron chi connectivity index (χ2n) is 1.65. The molecule has 0 bridgehead atoms. The van der Waals surface area contributed by atoms with E-state index in [1.807, 2.05) is 0 Å². The van der Waals surface area contributed by atoms with Crippen molar-refractivity contribution in [3.8, 4) is 0 Å². The molecule has 0 aromatic carbocycles. The molecule has 1 rings (SSSR count). The molecule has 12 heavy (non-hydrogen) atoms. The van der Waals surface area contributed by atoms with E-state index in [0.29, 0.717) is 0 Å². The Balaban J connectivity index is 0.00000121. The van der Waals surface area contributed by atoms with Crippen LogP contribution in [-0.4, -0.2) is 74.3 Å². The maximum absolute atomic E-state index is 10.4. The van der Waals surface area contributed by atoms with Gasteiger partial charge in [0.25, 0.3) is 10.1 Å². The molecule has 0 aliphatic rings. The van der Waals surface area contributed by atoms with Gasteiger partial charge >= 0.3 is 51.4 Å². The predicted octanol–water partition coefficient (Wildman–Crippen LogP) is -0.272. The summed E-state index contributed by atoms with van der Waals surface area (Å²) in [6, 6.07) is 0. The van der Waals surface area contributed by atoms with E-state index in [2.05, 4.69) is 9.97 Å². The molecule has 0 atom stereocenters. The van der Waals surface area contributed by atoms with Crippen LogP contribution in [0.2, 0.25) is 5.15 Å². The molecule has 8 heteroatoms. The Morgan fingerprint density at radius 1 is 1.50 bits per heavy atom. The van der Waals surface area contributed by atoms with Crippen molar-refractivity contribution < 1.29 is 13.0 Å². The van der Waals surface area contributed by atoms with Gasteiger partial charge in [0, 0.05) is 0 Å². The molecule has 0 unspecified atom stereocenters. The van der Waals surface area contributed by atoms with Crippen molar-refractivity contribution >= 4 is 73.1 Å². The molecule has 1 heterocycles. The second-order valence-corrected chi connectivity index (χ2v) is 3.40. The van der Waals surface area contributed by atoms with Crippen LogP contribution in [0.3, 0.4) is 0 Å².